The molecule has 12 heteroatoms. The second-order valence-corrected chi connectivity index (χ2v) is 7.60. The number of carbonyl (C=O) groups excluding carboxylic acids is 2. The van der Waals surface area contributed by atoms with E-state index in [1.807, 2.05) is 0 Å². The van der Waals surface area contributed by atoms with Gasteiger partial charge in [-0.25, -0.2) is 9.78 Å². The maximum absolute atomic E-state index is 12.6. The van der Waals surface area contributed by atoms with Crippen molar-refractivity contribution in [1.29, 1.82) is 0 Å². The predicted molar refractivity (Wildman–Crippen MR) is 97.5 cm³/mol. The molecule has 1 aromatic heterocycles. The summed E-state index contributed by atoms with van der Waals surface area (Å²) in [6.45, 7) is 0. The molecule has 0 saturated carbocycles. The third kappa shape index (κ3) is 3.66. The lowest BCUT2D eigenvalue weighted by molar-refractivity contribution is -0.150. The number of rotatable bonds is 6. The first-order valence-corrected chi connectivity index (χ1v) is 9.54. The average Bonchev–Trinajstić information content (AvgIpc) is 3.04. The molecule has 3 heterocycles. The van der Waals surface area contributed by atoms with Crippen LogP contribution in [0, 0.1) is 0 Å². The van der Waals surface area contributed by atoms with Crippen LogP contribution in [0.4, 0.5) is 5.13 Å². The monoisotopic (exact) mass is 410 g/mol. The number of carboxylic acid groups (broad SMARTS) is 2. The molecule has 1 fully saturated rings. The molecule has 1 unspecified atom stereocenters. The average molecular weight is 410 g/mol. The summed E-state index contributed by atoms with van der Waals surface area (Å²) in [5.41, 5.74) is 5.66. The number of nitrogens with zero attached hydrogens (tertiary/aromatic N) is 2. The van der Waals surface area contributed by atoms with Gasteiger partial charge in [-0.15, -0.1) is 23.1 Å². The highest BCUT2D eigenvalue weighted by Crippen LogP contribution is 2.37. The highest BCUT2D eigenvalue weighted by molar-refractivity contribution is 8.00. The third-order valence-corrected chi connectivity index (χ3v) is 5.73. The Morgan fingerprint density at radius 2 is 2.15 bits per heavy atom. The quantitative estimate of drug-likeness (QED) is 0.372. The van der Waals surface area contributed by atoms with Gasteiger partial charge in [-0.2, -0.15) is 0 Å². The van der Waals surface area contributed by atoms with Crippen molar-refractivity contribution in [3.8, 4) is 0 Å². The fourth-order valence-electron chi connectivity index (χ4n) is 2.67. The van der Waals surface area contributed by atoms with E-state index in [0.717, 1.165) is 16.2 Å². The largest absolute Gasteiger partial charge is 0.481 e. The Kier molecular flexibility index (Phi) is 5.19. The number of hydrogen-bond acceptors (Lipinski definition) is 8. The van der Waals surface area contributed by atoms with E-state index in [1.165, 1.54) is 29.3 Å². The van der Waals surface area contributed by atoms with Gasteiger partial charge in [-0.05, 0) is 6.08 Å². The Morgan fingerprint density at radius 1 is 1.41 bits per heavy atom. The minimum Gasteiger partial charge on any atom is -0.481 e. The molecule has 2 aliphatic rings. The lowest BCUT2D eigenvalue weighted by Crippen LogP contribution is -2.70. The number of nitrogen functional groups attached to an aromatic ring is 1. The topological polar surface area (TPSA) is 163 Å². The van der Waals surface area contributed by atoms with E-state index in [4.69, 9.17) is 15.9 Å². The first-order valence-electron chi connectivity index (χ1n) is 7.62. The molecule has 0 bridgehead atoms. The van der Waals surface area contributed by atoms with Crippen molar-refractivity contribution in [2.45, 2.75) is 17.8 Å². The summed E-state index contributed by atoms with van der Waals surface area (Å²) in [7, 11) is 0. The number of β-lactam (4-membered cyclic amide) rings is 1. The number of aliphatic carboxylic acids is 2. The molecule has 0 spiro atoms. The van der Waals surface area contributed by atoms with Crippen LogP contribution in [0.5, 0.6) is 0 Å². The second-order valence-electron chi connectivity index (χ2n) is 5.56. The zero-order valence-corrected chi connectivity index (χ0v) is 15.2. The van der Waals surface area contributed by atoms with Gasteiger partial charge in [0.15, 0.2) is 5.13 Å². The number of nitrogens with two attached hydrogens (primary N) is 1. The molecule has 0 radical (unpaired) electrons. The summed E-state index contributed by atoms with van der Waals surface area (Å²) in [6, 6.07) is -0.908. The first-order chi connectivity index (χ1) is 12.8. The molecule has 1 aromatic rings. The number of hydrogen-bond donors (Lipinski definition) is 4. The minimum absolute atomic E-state index is 0.00795. The maximum atomic E-state index is 12.6. The molecule has 2 amide bonds. The molecule has 142 valence electrons. The van der Waals surface area contributed by atoms with Gasteiger partial charge in [0.05, 0.1) is 17.7 Å². The number of amides is 2. The summed E-state index contributed by atoms with van der Waals surface area (Å²) in [5, 5.41) is 21.8. The molecule has 0 aromatic carbocycles. The molecule has 27 heavy (non-hydrogen) atoms. The number of aromatic nitrogens is 1. The van der Waals surface area contributed by atoms with Crippen molar-refractivity contribution in [3.05, 3.63) is 28.9 Å². The van der Waals surface area contributed by atoms with Crippen LogP contribution < -0.4 is 11.1 Å². The summed E-state index contributed by atoms with van der Waals surface area (Å²) in [6.07, 6.45) is 2.23. The van der Waals surface area contributed by atoms with Crippen molar-refractivity contribution in [3.63, 3.8) is 0 Å². The van der Waals surface area contributed by atoms with Gasteiger partial charge in [0.2, 0.25) is 0 Å². The first kappa shape index (κ1) is 18.9. The molecule has 2 atom stereocenters. The highest BCUT2D eigenvalue weighted by Gasteiger charge is 2.52. The van der Waals surface area contributed by atoms with Gasteiger partial charge in [0.25, 0.3) is 11.8 Å². The zero-order chi connectivity index (χ0) is 19.7. The SMILES string of the molecule is Nc1nc(/C(=C/CC(=O)O)C(=O)NC2C(=O)N3C(C(=O)O)=CCS[C@H]23)cs1. The van der Waals surface area contributed by atoms with E-state index >= 15 is 0 Å². The molecule has 0 aliphatic carbocycles. The standard InChI is InChI=1S/C15H14N4O6S2/c16-15-17-7(5-27-15)6(1-2-9(20)21)11(22)18-10-12(23)19-8(14(24)25)3-4-26-13(10)19/h1,3,5,10,13H,2,4H2,(H2,16,17)(H,18,22)(H,20,21)(H,24,25)/b6-1-/t10?,13-/m1/s1. The van der Waals surface area contributed by atoms with Crippen LogP contribution >= 0.6 is 23.1 Å². The molecular weight excluding hydrogens is 396 g/mol. The van der Waals surface area contributed by atoms with E-state index in [1.54, 1.807) is 0 Å². The van der Waals surface area contributed by atoms with Gasteiger partial charge in [0, 0.05) is 11.1 Å². The van der Waals surface area contributed by atoms with Crippen LogP contribution in [0.25, 0.3) is 5.57 Å². The van der Waals surface area contributed by atoms with E-state index in [2.05, 4.69) is 10.3 Å². The third-order valence-electron chi connectivity index (χ3n) is 3.88. The summed E-state index contributed by atoms with van der Waals surface area (Å²) >= 11 is 2.41. The lowest BCUT2D eigenvalue weighted by Gasteiger charge is -2.48. The zero-order valence-electron chi connectivity index (χ0n) is 13.6. The number of nitrogens with one attached hydrogen (secondary N) is 1. The number of anilines is 1. The fraction of sp³-hybridized carbons (Fsp3) is 0.267. The Bertz CT molecular complexity index is 893. The molecular formula is C15H14N4O6S2. The number of carbonyl (C=O) groups is 4. The highest BCUT2D eigenvalue weighted by atomic mass is 32.2. The molecule has 3 rings (SSSR count). The van der Waals surface area contributed by atoms with Gasteiger partial charge in [-0.3, -0.25) is 19.3 Å². The van der Waals surface area contributed by atoms with Crippen LogP contribution in [-0.2, 0) is 19.2 Å². The number of fused-ring (bicyclic) bond motifs is 1. The van der Waals surface area contributed by atoms with E-state index in [9.17, 15) is 19.2 Å². The normalized spacial score (nSPS) is 21.8. The number of thiazole rings is 1. The van der Waals surface area contributed by atoms with Crippen molar-refractivity contribution in [2.24, 2.45) is 0 Å². The molecule has 10 nitrogen and oxygen atoms in total. The van der Waals surface area contributed by atoms with E-state index in [0.29, 0.717) is 5.75 Å². The maximum Gasteiger partial charge on any atom is 0.352 e. The fourth-order valence-corrected chi connectivity index (χ4v) is 4.43. The van der Waals surface area contributed by atoms with Crippen LogP contribution in [0.2, 0.25) is 0 Å². The van der Waals surface area contributed by atoms with Crippen LogP contribution in [-0.4, -0.2) is 61.0 Å². The second kappa shape index (κ2) is 7.40. The van der Waals surface area contributed by atoms with E-state index < -0.39 is 41.6 Å². The summed E-state index contributed by atoms with van der Waals surface area (Å²) in [5.74, 6) is -3.16. The van der Waals surface area contributed by atoms with Gasteiger partial charge in [0.1, 0.15) is 17.1 Å². The molecule has 1 saturated heterocycles. The molecule has 5 N–H and O–H groups in total. The Labute approximate surface area is 160 Å². The van der Waals surface area contributed by atoms with Crippen molar-refractivity contribution >= 4 is 57.6 Å². The Morgan fingerprint density at radius 3 is 2.74 bits per heavy atom. The summed E-state index contributed by atoms with van der Waals surface area (Å²) < 4.78 is 0. The van der Waals surface area contributed by atoms with Crippen molar-refractivity contribution in [1.82, 2.24) is 15.2 Å². The Hall–Kier alpha value is -2.86. The van der Waals surface area contributed by atoms with Crippen LogP contribution in [0.1, 0.15) is 12.1 Å². The molecule has 2 aliphatic heterocycles. The predicted octanol–water partition coefficient (Wildman–Crippen LogP) is -0.0482. The minimum atomic E-state index is -1.21. The van der Waals surface area contributed by atoms with Gasteiger partial charge < -0.3 is 21.3 Å². The van der Waals surface area contributed by atoms with Crippen LogP contribution in [0.15, 0.2) is 23.2 Å². The lowest BCUT2D eigenvalue weighted by atomic mass is 10.0. The van der Waals surface area contributed by atoms with Crippen molar-refractivity contribution in [2.75, 3.05) is 11.5 Å². The Balaban J connectivity index is 1.78. The summed E-state index contributed by atoms with van der Waals surface area (Å²) in [4.78, 5) is 52.1. The van der Waals surface area contributed by atoms with Crippen molar-refractivity contribution < 1.29 is 29.4 Å². The number of thioether (sulfide) groups is 1. The number of carboxylic acids is 2. The van der Waals surface area contributed by atoms with Crippen LogP contribution in [0.3, 0.4) is 0 Å². The van der Waals surface area contributed by atoms with Gasteiger partial charge in [-0.1, -0.05) is 6.08 Å². The van der Waals surface area contributed by atoms with Gasteiger partial charge >= 0.3 is 11.9 Å². The smallest absolute Gasteiger partial charge is 0.352 e. The van der Waals surface area contributed by atoms with E-state index in [-0.39, 0.29) is 22.1 Å².